The Morgan fingerprint density at radius 3 is 2.47 bits per heavy atom. The Bertz CT molecular complexity index is 1120. The van der Waals surface area contributed by atoms with E-state index in [0.29, 0.717) is 26.1 Å². The van der Waals surface area contributed by atoms with E-state index in [-0.39, 0.29) is 36.5 Å². The first-order valence-corrected chi connectivity index (χ1v) is 13.5. The minimum atomic E-state index is -0.749. The minimum absolute atomic E-state index is 0.144. The molecule has 2 aromatic carbocycles. The largest absolute Gasteiger partial charge is 0.444 e. The Balaban J connectivity index is 1.62. The van der Waals surface area contributed by atoms with E-state index in [2.05, 4.69) is 6.07 Å². The van der Waals surface area contributed by atoms with Crippen LogP contribution in [0, 0.1) is 5.82 Å². The van der Waals surface area contributed by atoms with Crippen LogP contribution in [0.1, 0.15) is 63.8 Å². The second-order valence-electron chi connectivity index (χ2n) is 10.8. The molecule has 0 saturated carbocycles. The number of benzene rings is 2. The van der Waals surface area contributed by atoms with Gasteiger partial charge >= 0.3 is 6.09 Å². The predicted octanol–water partition coefficient (Wildman–Crippen LogP) is 5.12. The second kappa shape index (κ2) is 11.8. The summed E-state index contributed by atoms with van der Waals surface area (Å²) in [5.41, 5.74) is 2.40. The van der Waals surface area contributed by atoms with Crippen molar-refractivity contribution < 1.29 is 28.2 Å². The van der Waals surface area contributed by atoms with Gasteiger partial charge in [-0.3, -0.25) is 4.79 Å². The summed E-state index contributed by atoms with van der Waals surface area (Å²) in [4.78, 5) is 30.7. The summed E-state index contributed by atoms with van der Waals surface area (Å²) >= 11 is 0. The van der Waals surface area contributed by atoms with Gasteiger partial charge in [0.15, 0.2) is 0 Å². The average molecular weight is 527 g/mol. The molecule has 0 bridgehead atoms. The van der Waals surface area contributed by atoms with Crippen molar-refractivity contribution in [3.05, 3.63) is 71.0 Å². The fraction of sp³-hybridized carbons (Fsp3) is 0.533. The van der Waals surface area contributed by atoms with E-state index >= 15 is 0 Å². The monoisotopic (exact) mass is 526 g/mol. The fourth-order valence-electron chi connectivity index (χ4n) is 5.45. The molecule has 0 aliphatic carbocycles. The number of carbonyl (C=O) groups excluding carboxylic acids is 2. The van der Waals surface area contributed by atoms with Crippen LogP contribution in [-0.2, 0) is 25.4 Å². The molecule has 0 unspecified atom stereocenters. The molecule has 2 amide bonds. The fourth-order valence-corrected chi connectivity index (χ4v) is 5.45. The number of ether oxygens (including phenoxy) is 3. The second-order valence-corrected chi connectivity index (χ2v) is 10.8. The molecule has 8 heteroatoms. The number of carbonyl (C=O) groups is 2. The summed E-state index contributed by atoms with van der Waals surface area (Å²) in [5.74, 6) is -0.466. The standard InChI is InChI=1S/C30H39FN2O5/c1-6-32(29(35)38-30(3,4)5)24-18-25(37-19-26(24)36-7-2)28(34)33-17-16-20-10-8-9-11-23(20)27(33)21-12-14-22(31)15-13-21/h8-15,24-27H,6-7,16-19H2,1-5H3/t24-,25+,26-,27-/m0/s1. The first kappa shape index (κ1) is 28.0. The van der Waals surface area contributed by atoms with Crippen molar-refractivity contribution >= 4 is 12.0 Å². The van der Waals surface area contributed by atoms with Crippen LogP contribution in [0.15, 0.2) is 48.5 Å². The molecule has 4 atom stereocenters. The molecule has 4 rings (SSSR count). The molecule has 38 heavy (non-hydrogen) atoms. The average Bonchev–Trinajstić information content (AvgIpc) is 2.88. The highest BCUT2D eigenvalue weighted by molar-refractivity contribution is 5.82. The topological polar surface area (TPSA) is 68.3 Å². The number of halogens is 1. The molecule has 7 nitrogen and oxygen atoms in total. The quantitative estimate of drug-likeness (QED) is 0.523. The lowest BCUT2D eigenvalue weighted by atomic mass is 9.87. The van der Waals surface area contributed by atoms with E-state index in [4.69, 9.17) is 14.2 Å². The Hall–Kier alpha value is -2.97. The molecule has 2 aliphatic heterocycles. The summed E-state index contributed by atoms with van der Waals surface area (Å²) < 4.78 is 31.5. The van der Waals surface area contributed by atoms with Crippen molar-refractivity contribution in [3.8, 4) is 0 Å². The summed E-state index contributed by atoms with van der Waals surface area (Å²) in [6.07, 6.45) is -0.534. The van der Waals surface area contributed by atoms with E-state index in [1.807, 2.05) is 57.7 Å². The molecule has 0 aromatic heterocycles. The SMILES string of the molecule is CCO[C@H]1CO[C@@H](C(=O)N2CCc3ccccc3[C@@H]2c2ccc(F)cc2)C[C@@H]1N(CC)C(=O)OC(C)(C)C. The van der Waals surface area contributed by atoms with Crippen molar-refractivity contribution in [3.63, 3.8) is 0 Å². The van der Waals surface area contributed by atoms with E-state index < -0.39 is 17.8 Å². The molecular formula is C30H39FN2O5. The zero-order chi connectivity index (χ0) is 27.4. The number of likely N-dealkylation sites (N-methyl/N-ethyl adjacent to an activating group) is 1. The van der Waals surface area contributed by atoms with Crippen LogP contribution in [0.5, 0.6) is 0 Å². The summed E-state index contributed by atoms with van der Waals surface area (Å²) in [5, 5.41) is 0. The van der Waals surface area contributed by atoms with E-state index in [1.165, 1.54) is 17.7 Å². The summed E-state index contributed by atoms with van der Waals surface area (Å²) in [7, 11) is 0. The lowest BCUT2D eigenvalue weighted by Crippen LogP contribution is -2.58. The predicted molar refractivity (Wildman–Crippen MR) is 142 cm³/mol. The zero-order valence-electron chi connectivity index (χ0n) is 23.0. The molecule has 1 fully saturated rings. The van der Waals surface area contributed by atoms with Crippen molar-refractivity contribution in [2.75, 3.05) is 26.3 Å². The van der Waals surface area contributed by atoms with E-state index in [1.54, 1.807) is 17.0 Å². The van der Waals surface area contributed by atoms with Gasteiger partial charge in [0.1, 0.15) is 23.6 Å². The summed E-state index contributed by atoms with van der Waals surface area (Å²) in [6, 6.07) is 13.7. The highest BCUT2D eigenvalue weighted by Gasteiger charge is 2.44. The molecular weight excluding hydrogens is 487 g/mol. The van der Waals surface area contributed by atoms with Gasteiger partial charge in [-0.25, -0.2) is 9.18 Å². The van der Waals surface area contributed by atoms with Crippen LogP contribution in [-0.4, -0.2) is 72.0 Å². The lowest BCUT2D eigenvalue weighted by molar-refractivity contribution is -0.164. The Morgan fingerprint density at radius 1 is 1.11 bits per heavy atom. The Morgan fingerprint density at radius 2 is 1.82 bits per heavy atom. The van der Waals surface area contributed by atoms with Crippen LogP contribution >= 0.6 is 0 Å². The van der Waals surface area contributed by atoms with Crippen molar-refractivity contribution in [2.24, 2.45) is 0 Å². The van der Waals surface area contributed by atoms with Crippen LogP contribution in [0.3, 0.4) is 0 Å². The first-order valence-electron chi connectivity index (χ1n) is 13.5. The van der Waals surface area contributed by atoms with Crippen LogP contribution in [0.2, 0.25) is 0 Å². The van der Waals surface area contributed by atoms with Gasteiger partial charge in [0.05, 0.1) is 18.7 Å². The first-order chi connectivity index (χ1) is 18.1. The maximum atomic E-state index is 14.1. The normalized spacial score (nSPS) is 23.5. The highest BCUT2D eigenvalue weighted by Crippen LogP contribution is 2.37. The number of amides is 2. The van der Waals surface area contributed by atoms with Crippen LogP contribution in [0.25, 0.3) is 0 Å². The van der Waals surface area contributed by atoms with Gasteiger partial charge in [-0.1, -0.05) is 36.4 Å². The third kappa shape index (κ3) is 6.18. The molecule has 0 spiro atoms. The molecule has 206 valence electrons. The van der Waals surface area contributed by atoms with Gasteiger partial charge in [0.2, 0.25) is 0 Å². The van der Waals surface area contributed by atoms with E-state index in [0.717, 1.165) is 17.5 Å². The third-order valence-electron chi connectivity index (χ3n) is 7.12. The molecule has 0 N–H and O–H groups in total. The number of hydrogen-bond donors (Lipinski definition) is 0. The Kier molecular flexibility index (Phi) is 8.73. The van der Waals surface area contributed by atoms with Crippen molar-refractivity contribution in [1.82, 2.24) is 9.80 Å². The number of rotatable bonds is 6. The highest BCUT2D eigenvalue weighted by atomic mass is 19.1. The van der Waals surface area contributed by atoms with Crippen molar-refractivity contribution in [1.29, 1.82) is 0 Å². The third-order valence-corrected chi connectivity index (χ3v) is 7.12. The molecule has 2 heterocycles. The zero-order valence-corrected chi connectivity index (χ0v) is 23.0. The number of hydrogen-bond acceptors (Lipinski definition) is 5. The molecule has 0 radical (unpaired) electrons. The number of nitrogens with zero attached hydrogens (tertiary/aromatic N) is 2. The van der Waals surface area contributed by atoms with Gasteiger partial charge in [-0.05, 0) is 69.9 Å². The maximum absolute atomic E-state index is 14.1. The molecule has 2 aliphatic rings. The van der Waals surface area contributed by atoms with Gasteiger partial charge in [-0.2, -0.15) is 0 Å². The van der Waals surface area contributed by atoms with Crippen molar-refractivity contribution in [2.45, 2.75) is 77.4 Å². The minimum Gasteiger partial charge on any atom is -0.444 e. The van der Waals surface area contributed by atoms with Gasteiger partial charge in [0.25, 0.3) is 5.91 Å². The Labute approximate surface area is 224 Å². The lowest BCUT2D eigenvalue weighted by Gasteiger charge is -2.44. The molecule has 2 aromatic rings. The van der Waals surface area contributed by atoms with Gasteiger partial charge < -0.3 is 24.0 Å². The number of fused-ring (bicyclic) bond motifs is 1. The van der Waals surface area contributed by atoms with Crippen LogP contribution in [0.4, 0.5) is 9.18 Å². The maximum Gasteiger partial charge on any atom is 0.410 e. The smallest absolute Gasteiger partial charge is 0.410 e. The summed E-state index contributed by atoms with van der Waals surface area (Å²) in [6.45, 7) is 10.9. The molecule has 1 saturated heterocycles. The van der Waals surface area contributed by atoms with Gasteiger partial charge in [-0.15, -0.1) is 0 Å². The van der Waals surface area contributed by atoms with Gasteiger partial charge in [0, 0.05) is 26.1 Å². The van der Waals surface area contributed by atoms with Crippen LogP contribution < -0.4 is 0 Å². The van der Waals surface area contributed by atoms with E-state index in [9.17, 15) is 14.0 Å².